The Morgan fingerprint density at radius 2 is 2.21 bits per heavy atom. The first-order valence-electron chi connectivity index (χ1n) is 5.87. The molecule has 0 radical (unpaired) electrons. The van der Waals surface area contributed by atoms with Crippen LogP contribution in [0.3, 0.4) is 0 Å². The normalized spacial score (nSPS) is 11.1. The molecule has 1 N–H and O–H groups in total. The maximum atomic E-state index is 13.7. The Morgan fingerprint density at radius 3 is 3.00 bits per heavy atom. The van der Waals surface area contributed by atoms with Crippen molar-refractivity contribution in [2.75, 3.05) is 0 Å². The maximum absolute atomic E-state index is 13.7. The molecule has 0 aliphatic carbocycles. The van der Waals surface area contributed by atoms with Crippen molar-refractivity contribution in [3.05, 3.63) is 58.3 Å². The number of hydrogen-bond donors (Lipinski definition) is 1. The lowest BCUT2D eigenvalue weighted by molar-refractivity contribution is 0.612. The van der Waals surface area contributed by atoms with E-state index < -0.39 is 0 Å². The number of nitrogens with zero attached hydrogens (tertiary/aromatic N) is 2. The predicted molar refractivity (Wildman–Crippen MR) is 72.8 cm³/mol. The van der Waals surface area contributed by atoms with E-state index in [9.17, 15) is 4.39 Å². The fourth-order valence-corrected chi connectivity index (χ4v) is 2.24. The summed E-state index contributed by atoms with van der Waals surface area (Å²) in [5, 5.41) is 0.407. The molecule has 96 valence electrons. The van der Waals surface area contributed by atoms with Gasteiger partial charge in [-0.1, -0.05) is 17.7 Å². The summed E-state index contributed by atoms with van der Waals surface area (Å²) < 4.78 is 13.7. The van der Waals surface area contributed by atoms with Crippen molar-refractivity contribution < 1.29 is 4.39 Å². The Morgan fingerprint density at radius 1 is 1.37 bits per heavy atom. The first-order chi connectivity index (χ1) is 9.13. The average Bonchev–Trinajstić information content (AvgIpc) is 2.75. The smallest absolute Gasteiger partial charge is 0.177 e. The predicted octanol–water partition coefficient (Wildman–Crippen LogP) is 3.65. The summed E-state index contributed by atoms with van der Waals surface area (Å²) in [5.41, 5.74) is 2.97. The summed E-state index contributed by atoms with van der Waals surface area (Å²) >= 11 is 6.01. The number of rotatable bonds is 2. The van der Waals surface area contributed by atoms with Gasteiger partial charge in [0.1, 0.15) is 11.6 Å². The molecule has 0 spiro atoms. The van der Waals surface area contributed by atoms with Gasteiger partial charge in [-0.2, -0.15) is 0 Å². The van der Waals surface area contributed by atoms with E-state index in [0.717, 1.165) is 11.1 Å². The molecule has 3 aromatic rings. The Labute approximate surface area is 114 Å². The second-order valence-electron chi connectivity index (χ2n) is 4.44. The second-order valence-corrected chi connectivity index (χ2v) is 4.85. The first kappa shape index (κ1) is 12.1. The van der Waals surface area contributed by atoms with E-state index in [0.29, 0.717) is 28.5 Å². The molecular formula is C14H11ClFN3. The lowest BCUT2D eigenvalue weighted by Crippen LogP contribution is -1.95. The standard InChI is InChI=1S/C14H11ClFN3/c1-8-5-12-14(17-7-8)19-13(18-12)6-9-10(15)3-2-4-11(9)16/h2-5,7H,6H2,1H3,(H,17,18,19). The SMILES string of the molecule is Cc1cnc2nc(Cc3c(F)cccc3Cl)[nH]c2c1. The van der Waals surface area contributed by atoms with Gasteiger partial charge in [-0.25, -0.2) is 14.4 Å². The monoisotopic (exact) mass is 275 g/mol. The minimum absolute atomic E-state index is 0.320. The molecular weight excluding hydrogens is 265 g/mol. The van der Waals surface area contributed by atoms with E-state index in [1.165, 1.54) is 6.07 Å². The number of hydrogen-bond acceptors (Lipinski definition) is 2. The summed E-state index contributed by atoms with van der Waals surface area (Å²) in [6.45, 7) is 1.96. The van der Waals surface area contributed by atoms with Gasteiger partial charge >= 0.3 is 0 Å². The van der Waals surface area contributed by atoms with Crippen LogP contribution in [0.4, 0.5) is 4.39 Å². The van der Waals surface area contributed by atoms with E-state index in [2.05, 4.69) is 15.0 Å². The largest absolute Gasteiger partial charge is 0.340 e. The van der Waals surface area contributed by atoms with Crippen LogP contribution < -0.4 is 0 Å². The molecule has 0 saturated heterocycles. The molecule has 2 heterocycles. The number of halogens is 2. The van der Waals surface area contributed by atoms with Crippen LogP contribution in [0, 0.1) is 12.7 Å². The van der Waals surface area contributed by atoms with E-state index in [4.69, 9.17) is 11.6 Å². The third-order valence-electron chi connectivity index (χ3n) is 2.93. The third kappa shape index (κ3) is 2.31. The van der Waals surface area contributed by atoms with E-state index in [1.54, 1.807) is 18.3 Å². The Bertz CT molecular complexity index is 731. The number of imidazole rings is 1. The number of aryl methyl sites for hydroxylation is 1. The van der Waals surface area contributed by atoms with Crippen LogP contribution in [-0.2, 0) is 6.42 Å². The van der Waals surface area contributed by atoms with Gasteiger partial charge in [0.15, 0.2) is 5.65 Å². The molecule has 1 aromatic carbocycles. The maximum Gasteiger partial charge on any atom is 0.177 e. The molecule has 0 aliphatic heterocycles. The number of aromatic amines is 1. The van der Waals surface area contributed by atoms with Crippen molar-refractivity contribution in [1.82, 2.24) is 15.0 Å². The lowest BCUT2D eigenvalue weighted by Gasteiger charge is -2.02. The minimum atomic E-state index is -0.322. The van der Waals surface area contributed by atoms with Crippen LogP contribution in [0.15, 0.2) is 30.5 Å². The van der Waals surface area contributed by atoms with Crippen molar-refractivity contribution >= 4 is 22.8 Å². The average molecular weight is 276 g/mol. The lowest BCUT2D eigenvalue weighted by atomic mass is 10.1. The van der Waals surface area contributed by atoms with Crippen LogP contribution in [-0.4, -0.2) is 15.0 Å². The molecule has 19 heavy (non-hydrogen) atoms. The van der Waals surface area contributed by atoms with E-state index in [1.807, 2.05) is 13.0 Å². The van der Waals surface area contributed by atoms with Gasteiger partial charge in [-0.3, -0.25) is 0 Å². The number of benzene rings is 1. The van der Waals surface area contributed by atoms with Crippen molar-refractivity contribution in [1.29, 1.82) is 0 Å². The van der Waals surface area contributed by atoms with Crippen molar-refractivity contribution in [3.63, 3.8) is 0 Å². The summed E-state index contributed by atoms with van der Waals surface area (Å²) in [4.78, 5) is 11.7. The quantitative estimate of drug-likeness (QED) is 0.776. The highest BCUT2D eigenvalue weighted by Gasteiger charge is 2.11. The summed E-state index contributed by atoms with van der Waals surface area (Å²) in [7, 11) is 0. The van der Waals surface area contributed by atoms with Crippen LogP contribution in [0.5, 0.6) is 0 Å². The van der Waals surface area contributed by atoms with Gasteiger partial charge in [0.2, 0.25) is 0 Å². The zero-order chi connectivity index (χ0) is 13.4. The van der Waals surface area contributed by atoms with Gasteiger partial charge in [0.05, 0.1) is 5.52 Å². The fraction of sp³-hybridized carbons (Fsp3) is 0.143. The molecule has 0 saturated carbocycles. The number of nitrogens with one attached hydrogen (secondary N) is 1. The molecule has 5 heteroatoms. The number of H-pyrrole nitrogens is 1. The highest BCUT2D eigenvalue weighted by atomic mass is 35.5. The molecule has 3 rings (SSSR count). The van der Waals surface area contributed by atoms with Gasteiger partial charge in [-0.15, -0.1) is 0 Å². The molecule has 0 bridgehead atoms. The van der Waals surface area contributed by atoms with Gasteiger partial charge in [-0.05, 0) is 30.7 Å². The Balaban J connectivity index is 2.01. The first-order valence-corrected chi connectivity index (χ1v) is 6.25. The zero-order valence-electron chi connectivity index (χ0n) is 10.2. The number of fused-ring (bicyclic) bond motifs is 1. The summed E-state index contributed by atoms with van der Waals surface area (Å²) in [6.07, 6.45) is 2.07. The van der Waals surface area contributed by atoms with Gasteiger partial charge in [0, 0.05) is 23.2 Å². The third-order valence-corrected chi connectivity index (χ3v) is 3.28. The fourth-order valence-electron chi connectivity index (χ4n) is 2.01. The zero-order valence-corrected chi connectivity index (χ0v) is 11.0. The molecule has 0 fully saturated rings. The van der Waals surface area contributed by atoms with Crippen molar-refractivity contribution in [3.8, 4) is 0 Å². The number of pyridine rings is 1. The number of aromatic nitrogens is 3. The van der Waals surface area contributed by atoms with Crippen LogP contribution in [0.2, 0.25) is 5.02 Å². The summed E-state index contributed by atoms with van der Waals surface area (Å²) in [6, 6.07) is 6.61. The highest BCUT2D eigenvalue weighted by molar-refractivity contribution is 6.31. The van der Waals surface area contributed by atoms with Crippen LogP contribution in [0.25, 0.3) is 11.2 Å². The molecule has 2 aromatic heterocycles. The van der Waals surface area contributed by atoms with Crippen molar-refractivity contribution in [2.45, 2.75) is 13.3 Å². The van der Waals surface area contributed by atoms with Gasteiger partial charge < -0.3 is 4.98 Å². The van der Waals surface area contributed by atoms with E-state index >= 15 is 0 Å². The van der Waals surface area contributed by atoms with E-state index in [-0.39, 0.29) is 5.82 Å². The Hall–Kier alpha value is -1.94. The molecule has 0 atom stereocenters. The molecule has 3 nitrogen and oxygen atoms in total. The highest BCUT2D eigenvalue weighted by Crippen LogP contribution is 2.22. The molecule has 0 aliphatic rings. The van der Waals surface area contributed by atoms with Gasteiger partial charge in [0.25, 0.3) is 0 Å². The summed E-state index contributed by atoms with van der Waals surface area (Å²) in [5.74, 6) is 0.331. The second kappa shape index (κ2) is 4.63. The minimum Gasteiger partial charge on any atom is -0.340 e. The van der Waals surface area contributed by atoms with Crippen molar-refractivity contribution in [2.24, 2.45) is 0 Å². The molecule has 0 amide bonds. The van der Waals surface area contributed by atoms with Crippen LogP contribution in [0.1, 0.15) is 17.0 Å². The topological polar surface area (TPSA) is 41.6 Å². The Kier molecular flexibility index (Phi) is 2.95. The molecule has 0 unspecified atom stereocenters. The van der Waals surface area contributed by atoms with Crippen LogP contribution >= 0.6 is 11.6 Å².